The second-order valence-electron chi connectivity index (χ2n) is 3.66. The van der Waals surface area contributed by atoms with Crippen molar-refractivity contribution in [3.05, 3.63) is 40.9 Å². The monoisotopic (exact) mass is 298 g/mol. The van der Waals surface area contributed by atoms with Gasteiger partial charge in [0.15, 0.2) is 5.69 Å². The molecule has 0 radical (unpaired) electrons. The Kier molecular flexibility index (Phi) is 3.88. The highest BCUT2D eigenvalue weighted by atomic mass is 32.2. The van der Waals surface area contributed by atoms with Gasteiger partial charge in [0.1, 0.15) is 0 Å². The Morgan fingerprint density at radius 1 is 1.32 bits per heavy atom. The topological polar surface area (TPSA) is 115 Å². The minimum absolute atomic E-state index is 0.0336. The molecule has 0 unspecified atom stereocenters. The Morgan fingerprint density at radius 2 is 2.00 bits per heavy atom. The highest BCUT2D eigenvalue weighted by molar-refractivity contribution is 7.89. The van der Waals surface area contributed by atoms with Crippen LogP contribution in [0.15, 0.2) is 34.5 Å². The van der Waals surface area contributed by atoms with E-state index < -0.39 is 10.0 Å². The summed E-state index contributed by atoms with van der Waals surface area (Å²) in [6, 6.07) is 5.95. The van der Waals surface area contributed by atoms with Crippen LogP contribution >= 0.6 is 11.5 Å². The molecule has 0 aliphatic rings. The van der Waals surface area contributed by atoms with Crippen molar-refractivity contribution in [2.45, 2.75) is 11.4 Å². The molecule has 9 heteroatoms. The van der Waals surface area contributed by atoms with E-state index in [1.807, 2.05) is 0 Å². The van der Waals surface area contributed by atoms with E-state index in [1.54, 1.807) is 17.5 Å². The largest absolute Gasteiger partial charge is 0.347 e. The van der Waals surface area contributed by atoms with Crippen molar-refractivity contribution < 1.29 is 13.2 Å². The van der Waals surface area contributed by atoms with Crippen molar-refractivity contribution in [2.24, 2.45) is 5.14 Å². The molecule has 1 heterocycles. The predicted molar refractivity (Wildman–Crippen MR) is 68.9 cm³/mol. The number of primary sulfonamides is 1. The maximum absolute atomic E-state index is 11.6. The molecule has 19 heavy (non-hydrogen) atoms. The van der Waals surface area contributed by atoms with E-state index >= 15 is 0 Å². The first-order valence-electron chi connectivity index (χ1n) is 5.14. The number of amides is 1. The number of carbonyl (C=O) groups is 1. The summed E-state index contributed by atoms with van der Waals surface area (Å²) >= 11 is 1.09. The molecule has 0 aliphatic heterocycles. The molecule has 1 aromatic carbocycles. The van der Waals surface area contributed by atoms with Gasteiger partial charge in [0, 0.05) is 11.9 Å². The molecule has 0 saturated carbocycles. The smallest absolute Gasteiger partial charge is 0.273 e. The van der Waals surface area contributed by atoms with Gasteiger partial charge in [0.05, 0.1) is 4.90 Å². The van der Waals surface area contributed by atoms with Gasteiger partial charge < -0.3 is 5.32 Å². The maximum atomic E-state index is 11.6. The third-order valence-corrected chi connectivity index (χ3v) is 3.73. The standard InChI is InChI=1S/C10H10N4O3S2/c11-19(16,17)8-3-1-7(2-4-8)5-12-10(15)9-6-18-14-13-9/h1-4,6H,5H2,(H,12,15)(H2,11,16,17). The number of nitrogens with two attached hydrogens (primary N) is 1. The molecular weight excluding hydrogens is 288 g/mol. The van der Waals surface area contributed by atoms with Gasteiger partial charge in [-0.3, -0.25) is 4.79 Å². The Morgan fingerprint density at radius 3 is 2.53 bits per heavy atom. The fraction of sp³-hybridized carbons (Fsp3) is 0.100. The predicted octanol–water partition coefficient (Wildman–Crippen LogP) is 0.115. The normalized spacial score (nSPS) is 11.2. The Balaban J connectivity index is 1.99. The van der Waals surface area contributed by atoms with Crippen LogP contribution in [0.3, 0.4) is 0 Å². The molecule has 2 rings (SSSR count). The molecule has 3 N–H and O–H groups in total. The first-order valence-corrected chi connectivity index (χ1v) is 7.52. The van der Waals surface area contributed by atoms with Crippen LogP contribution < -0.4 is 10.5 Å². The number of hydrogen-bond donors (Lipinski definition) is 2. The van der Waals surface area contributed by atoms with Crippen LogP contribution in [0, 0.1) is 0 Å². The minimum atomic E-state index is -3.69. The molecule has 0 bridgehead atoms. The minimum Gasteiger partial charge on any atom is -0.347 e. The van der Waals surface area contributed by atoms with Gasteiger partial charge >= 0.3 is 0 Å². The summed E-state index contributed by atoms with van der Waals surface area (Å²) < 4.78 is 25.7. The number of hydrogen-bond acceptors (Lipinski definition) is 6. The van der Waals surface area contributed by atoms with Crippen molar-refractivity contribution in [1.29, 1.82) is 0 Å². The summed E-state index contributed by atoms with van der Waals surface area (Å²) in [7, 11) is -3.69. The second kappa shape index (κ2) is 5.43. The van der Waals surface area contributed by atoms with E-state index in [0.717, 1.165) is 17.1 Å². The van der Waals surface area contributed by atoms with Crippen LogP contribution in [0.4, 0.5) is 0 Å². The second-order valence-corrected chi connectivity index (χ2v) is 5.83. The molecule has 7 nitrogen and oxygen atoms in total. The van der Waals surface area contributed by atoms with Crippen molar-refractivity contribution in [1.82, 2.24) is 14.9 Å². The molecule has 0 fully saturated rings. The SMILES string of the molecule is NS(=O)(=O)c1ccc(CNC(=O)c2csnn2)cc1. The Bertz CT molecular complexity index is 665. The van der Waals surface area contributed by atoms with Crippen molar-refractivity contribution >= 4 is 27.5 Å². The van der Waals surface area contributed by atoms with Gasteiger partial charge in [-0.1, -0.05) is 16.6 Å². The van der Waals surface area contributed by atoms with E-state index in [9.17, 15) is 13.2 Å². The molecule has 1 aromatic heterocycles. The van der Waals surface area contributed by atoms with Gasteiger partial charge in [0.25, 0.3) is 5.91 Å². The zero-order valence-electron chi connectivity index (χ0n) is 9.61. The van der Waals surface area contributed by atoms with E-state index in [1.165, 1.54) is 12.1 Å². The van der Waals surface area contributed by atoms with Crippen LogP contribution in [0.25, 0.3) is 0 Å². The molecule has 1 amide bonds. The van der Waals surface area contributed by atoms with Gasteiger partial charge in [-0.2, -0.15) is 0 Å². The van der Waals surface area contributed by atoms with Crippen LogP contribution in [-0.4, -0.2) is 23.9 Å². The Labute approximate surface area is 113 Å². The molecule has 2 aromatic rings. The van der Waals surface area contributed by atoms with Crippen molar-refractivity contribution in [3.8, 4) is 0 Å². The fourth-order valence-electron chi connectivity index (χ4n) is 1.33. The van der Waals surface area contributed by atoms with E-state index in [2.05, 4.69) is 14.9 Å². The molecule has 0 aliphatic carbocycles. The summed E-state index contributed by atoms with van der Waals surface area (Å²) in [4.78, 5) is 11.6. The number of nitrogens with zero attached hydrogens (tertiary/aromatic N) is 2. The van der Waals surface area contributed by atoms with Gasteiger partial charge in [0.2, 0.25) is 10.0 Å². The number of aromatic nitrogens is 2. The summed E-state index contributed by atoms with van der Waals surface area (Å²) in [5.41, 5.74) is 1.01. The van der Waals surface area contributed by atoms with E-state index in [-0.39, 0.29) is 23.0 Å². The molecular formula is C10H10N4O3S2. The number of nitrogens with one attached hydrogen (secondary N) is 1. The van der Waals surface area contributed by atoms with Crippen molar-refractivity contribution in [3.63, 3.8) is 0 Å². The number of sulfonamides is 1. The van der Waals surface area contributed by atoms with E-state index in [4.69, 9.17) is 5.14 Å². The zero-order chi connectivity index (χ0) is 13.9. The Hall–Kier alpha value is -1.84. The average molecular weight is 298 g/mol. The lowest BCUT2D eigenvalue weighted by molar-refractivity contribution is 0.0946. The van der Waals surface area contributed by atoms with Crippen LogP contribution in [-0.2, 0) is 16.6 Å². The van der Waals surface area contributed by atoms with Crippen LogP contribution in [0.2, 0.25) is 0 Å². The lowest BCUT2D eigenvalue weighted by Gasteiger charge is -2.04. The highest BCUT2D eigenvalue weighted by Crippen LogP contribution is 2.08. The quantitative estimate of drug-likeness (QED) is 0.831. The molecule has 0 atom stereocenters. The summed E-state index contributed by atoms with van der Waals surface area (Å²) in [6.07, 6.45) is 0. The molecule has 100 valence electrons. The fourth-order valence-corrected chi connectivity index (χ4v) is 2.29. The molecule has 0 spiro atoms. The van der Waals surface area contributed by atoms with Crippen LogP contribution in [0.5, 0.6) is 0 Å². The van der Waals surface area contributed by atoms with Gasteiger partial charge in [-0.25, -0.2) is 13.6 Å². The lowest BCUT2D eigenvalue weighted by Crippen LogP contribution is -2.23. The third-order valence-electron chi connectivity index (χ3n) is 2.30. The first-order chi connectivity index (χ1) is 8.97. The number of rotatable bonds is 4. The molecule has 0 saturated heterocycles. The lowest BCUT2D eigenvalue weighted by atomic mass is 10.2. The highest BCUT2D eigenvalue weighted by Gasteiger charge is 2.09. The first kappa shape index (κ1) is 13.6. The average Bonchev–Trinajstić information content (AvgIpc) is 2.89. The van der Waals surface area contributed by atoms with E-state index in [0.29, 0.717) is 0 Å². The zero-order valence-corrected chi connectivity index (χ0v) is 11.2. The number of benzene rings is 1. The summed E-state index contributed by atoms with van der Waals surface area (Å²) in [5, 5.41) is 12.8. The van der Waals surface area contributed by atoms with Gasteiger partial charge in [-0.05, 0) is 29.2 Å². The van der Waals surface area contributed by atoms with Crippen molar-refractivity contribution in [2.75, 3.05) is 0 Å². The van der Waals surface area contributed by atoms with Gasteiger partial charge in [-0.15, -0.1) is 5.10 Å². The maximum Gasteiger partial charge on any atom is 0.273 e. The third kappa shape index (κ3) is 3.56. The number of carbonyl (C=O) groups excluding carboxylic acids is 1. The van der Waals surface area contributed by atoms with Crippen LogP contribution in [0.1, 0.15) is 16.1 Å². The summed E-state index contributed by atoms with van der Waals surface area (Å²) in [5.74, 6) is -0.329. The summed E-state index contributed by atoms with van der Waals surface area (Å²) in [6.45, 7) is 0.265.